The van der Waals surface area contributed by atoms with Gasteiger partial charge in [0.1, 0.15) is 29.3 Å². The second kappa shape index (κ2) is 8.25. The molecule has 6 N–H and O–H groups in total. The Hall–Kier alpha value is -4.62. The average molecular weight is 434 g/mol. The van der Waals surface area contributed by atoms with E-state index in [2.05, 4.69) is 20.6 Å². The van der Waals surface area contributed by atoms with Crippen molar-refractivity contribution in [3.8, 4) is 12.3 Å². The molecule has 2 aromatic rings. The molecule has 13 nitrogen and oxygen atoms in total. The fourth-order valence-electron chi connectivity index (χ4n) is 3.75. The predicted molar refractivity (Wildman–Crippen MR) is 116 cm³/mol. The van der Waals surface area contributed by atoms with Gasteiger partial charge < -0.3 is 26.4 Å². The first-order valence-electron chi connectivity index (χ1n) is 9.54. The molecular formula is C19H18N10O3. The zero-order valence-corrected chi connectivity index (χ0v) is 16.7. The standard InChI is InChI=1S/C19H18N10O3/c20-8-12-15(22)14-16(25-19(24-9-21)27-18(14)26-17(12)23)11-7-10(1-2-13(11)29(30)31)28-3-5-32-6-4-28/h1-2,7,16H,3-6H2,(H6,22,23,24,25,26,27). The number of aliphatic imine (C=N–C) groups is 1. The van der Waals surface area contributed by atoms with Crippen LogP contribution in [-0.2, 0) is 4.74 Å². The van der Waals surface area contributed by atoms with Crippen LogP contribution in [0.5, 0.6) is 0 Å². The summed E-state index contributed by atoms with van der Waals surface area (Å²) in [5, 5.41) is 35.5. The van der Waals surface area contributed by atoms with Crippen LogP contribution in [0.3, 0.4) is 0 Å². The normalized spacial score (nSPS) is 17.2. The molecule has 1 aromatic carbocycles. The van der Waals surface area contributed by atoms with Crippen molar-refractivity contribution in [1.29, 1.82) is 10.5 Å². The first-order valence-corrected chi connectivity index (χ1v) is 9.54. The van der Waals surface area contributed by atoms with E-state index in [0.29, 0.717) is 26.3 Å². The highest BCUT2D eigenvalue weighted by Gasteiger charge is 2.34. The number of benzene rings is 1. The van der Waals surface area contributed by atoms with Crippen LogP contribution in [0.25, 0.3) is 0 Å². The number of pyridine rings is 1. The number of rotatable bonds is 3. The molecule has 1 fully saturated rings. The quantitative estimate of drug-likeness (QED) is 0.230. The monoisotopic (exact) mass is 434 g/mol. The van der Waals surface area contributed by atoms with Crippen LogP contribution in [0.4, 0.5) is 28.7 Å². The molecule has 3 heterocycles. The highest BCUT2D eigenvalue weighted by molar-refractivity contribution is 5.98. The largest absolute Gasteiger partial charge is 0.397 e. The number of nitrogens with zero attached hydrogens (tertiary/aromatic N) is 6. The van der Waals surface area contributed by atoms with Crippen LogP contribution < -0.4 is 27.0 Å². The SMILES string of the molecule is N#CNC1=NC(c2cc(N3CCOCC3)ccc2[N+](=O)[O-])c2c(nc(N)c(C#N)c2N)N1. The van der Waals surface area contributed by atoms with Gasteiger partial charge in [0.25, 0.3) is 5.69 Å². The highest BCUT2D eigenvalue weighted by Crippen LogP contribution is 2.44. The Bertz CT molecular complexity index is 1210. The van der Waals surface area contributed by atoms with Crippen molar-refractivity contribution in [2.75, 3.05) is 48.0 Å². The van der Waals surface area contributed by atoms with Gasteiger partial charge in [-0.2, -0.15) is 10.5 Å². The number of nitro benzene ring substituents is 1. The maximum absolute atomic E-state index is 11.9. The van der Waals surface area contributed by atoms with E-state index in [0.717, 1.165) is 5.69 Å². The molecule has 1 unspecified atom stereocenters. The van der Waals surface area contributed by atoms with Crippen LogP contribution in [0.1, 0.15) is 22.7 Å². The zero-order chi connectivity index (χ0) is 22.8. The minimum absolute atomic E-state index is 0.0123. The summed E-state index contributed by atoms with van der Waals surface area (Å²) in [6.45, 7) is 2.34. The van der Waals surface area contributed by atoms with Crippen LogP contribution >= 0.6 is 0 Å². The third-order valence-electron chi connectivity index (χ3n) is 5.24. The molecular weight excluding hydrogens is 416 g/mol. The lowest BCUT2D eigenvalue weighted by Gasteiger charge is -2.30. The lowest BCUT2D eigenvalue weighted by molar-refractivity contribution is -0.385. The molecule has 0 radical (unpaired) electrons. The summed E-state index contributed by atoms with van der Waals surface area (Å²) >= 11 is 0. The fourth-order valence-corrected chi connectivity index (χ4v) is 3.75. The predicted octanol–water partition coefficient (Wildman–Crippen LogP) is 0.804. The van der Waals surface area contributed by atoms with E-state index in [1.807, 2.05) is 11.0 Å². The van der Waals surface area contributed by atoms with Gasteiger partial charge in [-0.15, -0.1) is 0 Å². The summed E-state index contributed by atoms with van der Waals surface area (Å²) in [6, 6.07) is 5.63. The van der Waals surface area contributed by atoms with Crippen LogP contribution in [0.15, 0.2) is 23.2 Å². The maximum atomic E-state index is 11.9. The number of anilines is 4. The summed E-state index contributed by atoms with van der Waals surface area (Å²) in [7, 11) is 0. The van der Waals surface area contributed by atoms with Gasteiger partial charge in [-0.25, -0.2) is 9.98 Å². The summed E-state index contributed by atoms with van der Waals surface area (Å²) in [5.74, 6) is 0.0691. The van der Waals surface area contributed by atoms with Gasteiger partial charge in [0.2, 0.25) is 5.96 Å². The van der Waals surface area contributed by atoms with Gasteiger partial charge in [-0.3, -0.25) is 15.4 Å². The van der Waals surface area contributed by atoms with Gasteiger partial charge in [-0.05, 0) is 12.1 Å². The summed E-state index contributed by atoms with van der Waals surface area (Å²) in [5.41, 5.74) is 13.1. The van der Waals surface area contributed by atoms with E-state index in [1.54, 1.807) is 18.3 Å². The second-order valence-electron chi connectivity index (χ2n) is 7.00. The van der Waals surface area contributed by atoms with E-state index >= 15 is 0 Å². The Kier molecular flexibility index (Phi) is 5.32. The summed E-state index contributed by atoms with van der Waals surface area (Å²) in [4.78, 5) is 22.0. The molecule has 2 aliphatic rings. The number of fused-ring (bicyclic) bond motifs is 1. The number of nitriles is 2. The first-order chi connectivity index (χ1) is 15.4. The number of nitrogens with two attached hydrogens (primary N) is 2. The second-order valence-corrected chi connectivity index (χ2v) is 7.00. The molecule has 1 atom stereocenters. The highest BCUT2D eigenvalue weighted by atomic mass is 16.6. The van der Waals surface area contributed by atoms with Crippen molar-refractivity contribution < 1.29 is 9.66 Å². The van der Waals surface area contributed by atoms with Gasteiger partial charge in [0.05, 0.1) is 29.4 Å². The van der Waals surface area contributed by atoms with Gasteiger partial charge in [0.15, 0.2) is 6.19 Å². The zero-order valence-electron chi connectivity index (χ0n) is 16.7. The maximum Gasteiger partial charge on any atom is 0.275 e. The first kappa shape index (κ1) is 20.6. The smallest absolute Gasteiger partial charge is 0.275 e. The number of hydrogen-bond donors (Lipinski definition) is 4. The third kappa shape index (κ3) is 3.53. The number of aromatic nitrogens is 1. The number of nitrogens with one attached hydrogen (secondary N) is 2. The van der Waals surface area contributed by atoms with Crippen LogP contribution in [0, 0.1) is 32.9 Å². The van der Waals surface area contributed by atoms with Gasteiger partial charge >= 0.3 is 0 Å². The van der Waals surface area contributed by atoms with Crippen molar-refractivity contribution in [3.63, 3.8) is 0 Å². The molecule has 0 bridgehead atoms. The van der Waals surface area contributed by atoms with Crippen molar-refractivity contribution in [1.82, 2.24) is 10.3 Å². The molecule has 0 spiro atoms. The lowest BCUT2D eigenvalue weighted by Crippen LogP contribution is -2.36. The summed E-state index contributed by atoms with van der Waals surface area (Å²) < 4.78 is 5.38. The molecule has 13 heteroatoms. The molecule has 4 rings (SSSR count). The van der Waals surface area contributed by atoms with Crippen LogP contribution in [-0.4, -0.2) is 42.2 Å². The van der Waals surface area contributed by atoms with E-state index in [4.69, 9.17) is 21.5 Å². The molecule has 2 aliphatic heterocycles. The molecule has 0 saturated carbocycles. The van der Waals surface area contributed by atoms with E-state index < -0.39 is 11.0 Å². The topological polar surface area (TPSA) is 205 Å². The van der Waals surface area contributed by atoms with E-state index in [-0.39, 0.29) is 45.7 Å². The number of nitrogen functional groups attached to an aromatic ring is 2. The van der Waals surface area contributed by atoms with Gasteiger partial charge in [-0.1, -0.05) is 0 Å². The Morgan fingerprint density at radius 1 is 1.31 bits per heavy atom. The number of nitro groups is 1. The van der Waals surface area contributed by atoms with Crippen molar-refractivity contribution in [2.24, 2.45) is 4.99 Å². The molecule has 0 aliphatic carbocycles. The Labute approximate surface area is 182 Å². The van der Waals surface area contributed by atoms with Gasteiger partial charge in [0, 0.05) is 30.4 Å². The minimum Gasteiger partial charge on any atom is -0.397 e. The average Bonchev–Trinajstić information content (AvgIpc) is 2.79. The molecule has 1 aromatic heterocycles. The Morgan fingerprint density at radius 2 is 2.06 bits per heavy atom. The Balaban J connectivity index is 1.94. The van der Waals surface area contributed by atoms with Crippen molar-refractivity contribution >= 4 is 34.7 Å². The van der Waals surface area contributed by atoms with E-state index in [1.165, 1.54) is 6.07 Å². The molecule has 0 amide bonds. The third-order valence-corrected chi connectivity index (χ3v) is 5.24. The Morgan fingerprint density at radius 3 is 2.72 bits per heavy atom. The molecule has 1 saturated heterocycles. The van der Waals surface area contributed by atoms with Crippen molar-refractivity contribution in [2.45, 2.75) is 6.04 Å². The number of hydrogen-bond acceptors (Lipinski definition) is 12. The fraction of sp³-hybridized carbons (Fsp3) is 0.263. The van der Waals surface area contributed by atoms with Crippen molar-refractivity contribution in [3.05, 3.63) is 45.0 Å². The number of guanidine groups is 1. The van der Waals surface area contributed by atoms with Crippen LogP contribution in [0.2, 0.25) is 0 Å². The number of ether oxygens (including phenoxy) is 1. The van der Waals surface area contributed by atoms with E-state index in [9.17, 15) is 15.4 Å². The molecule has 162 valence electrons. The minimum atomic E-state index is -1.01. The summed E-state index contributed by atoms with van der Waals surface area (Å²) in [6.07, 6.45) is 1.75. The lowest BCUT2D eigenvalue weighted by atomic mass is 9.93. The molecule has 32 heavy (non-hydrogen) atoms. The number of morpholine rings is 1.